The molecule has 2 rings (SSSR count). The summed E-state index contributed by atoms with van der Waals surface area (Å²) in [5.74, 6) is 0.756. The van der Waals surface area contributed by atoms with E-state index < -0.39 is 0 Å². The lowest BCUT2D eigenvalue weighted by Crippen LogP contribution is -2.28. The van der Waals surface area contributed by atoms with Crippen LogP contribution in [-0.2, 0) is 0 Å². The SMILES string of the molecule is CCNC(c1cnsn1)C1CCCCCC1. The van der Waals surface area contributed by atoms with Gasteiger partial charge in [0.25, 0.3) is 0 Å². The third-order valence-electron chi connectivity index (χ3n) is 3.49. The van der Waals surface area contributed by atoms with E-state index in [1.807, 2.05) is 6.20 Å². The molecule has 1 saturated carbocycles. The second-order valence-electron chi connectivity index (χ2n) is 4.62. The standard InChI is InChI=1S/C12H21N3S/c1-2-13-12(11-9-14-16-15-11)10-7-5-3-4-6-8-10/h9-10,12-13H,2-8H2,1H3. The Bertz CT molecular complexity index is 278. The summed E-state index contributed by atoms with van der Waals surface area (Å²) in [6.07, 6.45) is 10.2. The molecule has 0 bridgehead atoms. The summed E-state index contributed by atoms with van der Waals surface area (Å²) in [6.45, 7) is 3.18. The second kappa shape index (κ2) is 6.30. The van der Waals surface area contributed by atoms with Gasteiger partial charge in [-0.1, -0.05) is 32.6 Å². The van der Waals surface area contributed by atoms with Gasteiger partial charge in [0.15, 0.2) is 0 Å². The molecule has 1 unspecified atom stereocenters. The molecule has 0 aliphatic heterocycles. The molecule has 0 saturated heterocycles. The van der Waals surface area contributed by atoms with Crippen molar-refractivity contribution in [2.45, 2.75) is 51.5 Å². The van der Waals surface area contributed by atoms with Crippen molar-refractivity contribution in [3.8, 4) is 0 Å². The van der Waals surface area contributed by atoms with Crippen LogP contribution in [0.2, 0.25) is 0 Å². The van der Waals surface area contributed by atoms with Gasteiger partial charge in [0.2, 0.25) is 0 Å². The summed E-state index contributed by atoms with van der Waals surface area (Å²) < 4.78 is 8.54. The van der Waals surface area contributed by atoms with Crippen LogP contribution in [0.25, 0.3) is 0 Å². The zero-order valence-corrected chi connectivity index (χ0v) is 10.8. The van der Waals surface area contributed by atoms with Crippen LogP contribution < -0.4 is 5.32 Å². The summed E-state index contributed by atoms with van der Waals surface area (Å²) in [5, 5.41) is 3.59. The number of hydrogen-bond acceptors (Lipinski definition) is 4. The minimum absolute atomic E-state index is 0.432. The lowest BCUT2D eigenvalue weighted by Gasteiger charge is -2.25. The van der Waals surface area contributed by atoms with Gasteiger partial charge in [0, 0.05) is 0 Å². The third kappa shape index (κ3) is 3.01. The Hall–Kier alpha value is -0.480. The monoisotopic (exact) mass is 239 g/mol. The molecule has 1 aliphatic rings. The zero-order chi connectivity index (χ0) is 11.2. The first-order valence-electron chi connectivity index (χ1n) is 6.42. The first-order valence-corrected chi connectivity index (χ1v) is 7.15. The average molecular weight is 239 g/mol. The van der Waals surface area contributed by atoms with Crippen molar-refractivity contribution >= 4 is 11.7 Å². The molecule has 0 radical (unpaired) electrons. The number of nitrogens with one attached hydrogen (secondary N) is 1. The van der Waals surface area contributed by atoms with Crippen LogP contribution in [0, 0.1) is 5.92 Å². The second-order valence-corrected chi connectivity index (χ2v) is 5.18. The van der Waals surface area contributed by atoms with E-state index in [1.54, 1.807) is 0 Å². The van der Waals surface area contributed by atoms with Gasteiger partial charge >= 0.3 is 0 Å². The minimum Gasteiger partial charge on any atom is -0.309 e. The molecule has 1 aliphatic carbocycles. The molecule has 1 fully saturated rings. The van der Waals surface area contributed by atoms with Gasteiger partial charge in [-0.25, -0.2) is 0 Å². The van der Waals surface area contributed by atoms with Crippen molar-refractivity contribution in [1.82, 2.24) is 14.1 Å². The molecular formula is C12H21N3S. The van der Waals surface area contributed by atoms with Gasteiger partial charge in [-0.2, -0.15) is 8.75 Å². The Morgan fingerprint density at radius 2 is 2.12 bits per heavy atom. The minimum atomic E-state index is 0.432. The predicted octanol–water partition coefficient (Wildman–Crippen LogP) is 3.16. The van der Waals surface area contributed by atoms with Gasteiger partial charge in [0.1, 0.15) is 0 Å². The van der Waals surface area contributed by atoms with Crippen molar-refractivity contribution < 1.29 is 0 Å². The summed E-state index contributed by atoms with van der Waals surface area (Å²) in [6, 6.07) is 0.432. The fraction of sp³-hybridized carbons (Fsp3) is 0.833. The molecule has 3 nitrogen and oxygen atoms in total. The van der Waals surface area contributed by atoms with Gasteiger partial charge < -0.3 is 5.32 Å². The zero-order valence-electron chi connectivity index (χ0n) is 9.98. The number of rotatable bonds is 4. The summed E-state index contributed by atoms with van der Waals surface area (Å²) >= 11 is 1.32. The molecular weight excluding hydrogens is 218 g/mol. The Morgan fingerprint density at radius 1 is 1.38 bits per heavy atom. The molecule has 4 heteroatoms. The van der Waals surface area contributed by atoms with Crippen molar-refractivity contribution in [3.63, 3.8) is 0 Å². The molecule has 0 amide bonds. The van der Waals surface area contributed by atoms with Crippen LogP contribution in [-0.4, -0.2) is 15.3 Å². The Labute approximate surface area is 102 Å². The lowest BCUT2D eigenvalue weighted by molar-refractivity contribution is 0.326. The topological polar surface area (TPSA) is 37.8 Å². The van der Waals surface area contributed by atoms with E-state index in [4.69, 9.17) is 0 Å². The number of aromatic nitrogens is 2. The molecule has 1 aromatic heterocycles. The fourth-order valence-electron chi connectivity index (χ4n) is 2.69. The first kappa shape index (κ1) is 12.0. The Morgan fingerprint density at radius 3 is 2.69 bits per heavy atom. The molecule has 0 aromatic carbocycles. The highest BCUT2D eigenvalue weighted by Gasteiger charge is 2.25. The summed E-state index contributed by atoms with van der Waals surface area (Å²) in [7, 11) is 0. The first-order chi connectivity index (χ1) is 7.92. The van der Waals surface area contributed by atoms with Crippen molar-refractivity contribution in [2.75, 3.05) is 6.54 Å². The lowest BCUT2D eigenvalue weighted by atomic mass is 9.90. The number of nitrogens with zero attached hydrogens (tertiary/aromatic N) is 2. The van der Waals surface area contributed by atoms with Crippen LogP contribution in [0.3, 0.4) is 0 Å². The maximum absolute atomic E-state index is 4.41. The smallest absolute Gasteiger partial charge is 0.0915 e. The molecule has 1 atom stereocenters. The van der Waals surface area contributed by atoms with E-state index in [9.17, 15) is 0 Å². The van der Waals surface area contributed by atoms with Crippen molar-refractivity contribution in [2.24, 2.45) is 5.92 Å². The van der Waals surface area contributed by atoms with Gasteiger partial charge in [0.05, 0.1) is 29.7 Å². The van der Waals surface area contributed by atoms with E-state index in [2.05, 4.69) is 21.0 Å². The molecule has 1 aromatic rings. The van der Waals surface area contributed by atoms with Crippen LogP contribution in [0.4, 0.5) is 0 Å². The highest BCUT2D eigenvalue weighted by molar-refractivity contribution is 6.99. The largest absolute Gasteiger partial charge is 0.309 e. The van der Waals surface area contributed by atoms with Crippen molar-refractivity contribution in [3.05, 3.63) is 11.9 Å². The van der Waals surface area contributed by atoms with E-state index in [0.29, 0.717) is 6.04 Å². The van der Waals surface area contributed by atoms with Crippen LogP contribution in [0.15, 0.2) is 6.20 Å². The third-order valence-corrected chi connectivity index (χ3v) is 3.98. The maximum Gasteiger partial charge on any atom is 0.0915 e. The quantitative estimate of drug-likeness (QED) is 0.820. The molecule has 16 heavy (non-hydrogen) atoms. The van der Waals surface area contributed by atoms with E-state index in [-0.39, 0.29) is 0 Å². The average Bonchev–Trinajstić information content (AvgIpc) is 2.69. The molecule has 0 spiro atoms. The Balaban J connectivity index is 2.05. The Kier molecular flexibility index (Phi) is 4.72. The highest BCUT2D eigenvalue weighted by atomic mass is 32.1. The molecule has 1 heterocycles. The molecule has 90 valence electrons. The summed E-state index contributed by atoms with van der Waals surface area (Å²) in [5.41, 5.74) is 1.15. The normalized spacial score (nSPS) is 20.6. The van der Waals surface area contributed by atoms with E-state index >= 15 is 0 Å². The van der Waals surface area contributed by atoms with Crippen LogP contribution in [0.5, 0.6) is 0 Å². The molecule has 1 N–H and O–H groups in total. The maximum atomic E-state index is 4.41. The summed E-state index contributed by atoms with van der Waals surface area (Å²) in [4.78, 5) is 0. The predicted molar refractivity (Wildman–Crippen MR) is 67.5 cm³/mol. The van der Waals surface area contributed by atoms with Gasteiger partial charge in [-0.05, 0) is 25.3 Å². The van der Waals surface area contributed by atoms with Crippen LogP contribution >= 0.6 is 11.7 Å². The van der Waals surface area contributed by atoms with Gasteiger partial charge in [-0.3, -0.25) is 0 Å². The van der Waals surface area contributed by atoms with Gasteiger partial charge in [-0.15, -0.1) is 0 Å². The fourth-order valence-corrected chi connectivity index (χ4v) is 3.14. The van der Waals surface area contributed by atoms with Crippen LogP contribution in [0.1, 0.15) is 57.2 Å². The van der Waals surface area contributed by atoms with E-state index in [0.717, 1.165) is 18.2 Å². The number of hydrogen-bond donors (Lipinski definition) is 1. The van der Waals surface area contributed by atoms with E-state index in [1.165, 1.54) is 50.3 Å². The van der Waals surface area contributed by atoms with Crippen molar-refractivity contribution in [1.29, 1.82) is 0 Å². The highest BCUT2D eigenvalue weighted by Crippen LogP contribution is 2.32.